The van der Waals surface area contributed by atoms with Crippen LogP contribution in [0.1, 0.15) is 25.1 Å². The zero-order chi connectivity index (χ0) is 13.6. The van der Waals surface area contributed by atoms with Crippen LogP contribution in [0.15, 0.2) is 54.6 Å². The molecule has 2 heterocycles. The Kier molecular flexibility index (Phi) is 2.41. The molecule has 4 heteroatoms. The fourth-order valence-corrected chi connectivity index (χ4v) is 2.87. The maximum absolute atomic E-state index is 6.05. The lowest BCUT2D eigenvalue weighted by molar-refractivity contribution is 0.271. The van der Waals surface area contributed by atoms with Gasteiger partial charge in [-0.15, -0.1) is 5.10 Å². The van der Waals surface area contributed by atoms with E-state index in [0.29, 0.717) is 0 Å². The van der Waals surface area contributed by atoms with Gasteiger partial charge in [0, 0.05) is 0 Å². The van der Waals surface area contributed by atoms with E-state index in [2.05, 4.69) is 29.4 Å². The molecule has 0 N–H and O–H groups in total. The Bertz CT molecular complexity index is 753. The van der Waals surface area contributed by atoms with Gasteiger partial charge in [-0.05, 0) is 24.1 Å². The predicted molar refractivity (Wildman–Crippen MR) is 76.1 cm³/mol. The summed E-state index contributed by atoms with van der Waals surface area (Å²) in [4.78, 5) is 0. The zero-order valence-electron chi connectivity index (χ0n) is 11.2. The molecular formula is C16H15N3O. The van der Waals surface area contributed by atoms with Crippen LogP contribution < -0.4 is 0 Å². The van der Waals surface area contributed by atoms with Crippen molar-refractivity contribution in [1.82, 2.24) is 15.0 Å². The molecule has 1 aliphatic heterocycles. The molecule has 20 heavy (non-hydrogen) atoms. The normalized spacial score (nSPS) is 24.9. The highest BCUT2D eigenvalue weighted by atomic mass is 16.6. The highest BCUT2D eigenvalue weighted by Gasteiger charge is 2.58. The number of aromatic nitrogens is 3. The molecule has 0 amide bonds. The molecule has 1 fully saturated rings. The van der Waals surface area contributed by atoms with Crippen LogP contribution in [0.25, 0.3) is 11.0 Å². The van der Waals surface area contributed by atoms with E-state index in [1.807, 2.05) is 47.1 Å². The monoisotopic (exact) mass is 265 g/mol. The lowest BCUT2D eigenvalue weighted by atomic mass is 9.95. The molecule has 1 aliphatic rings. The molecule has 0 aliphatic carbocycles. The Labute approximate surface area is 117 Å². The number of para-hydroxylation sites is 1. The van der Waals surface area contributed by atoms with Gasteiger partial charge in [0.2, 0.25) is 0 Å². The van der Waals surface area contributed by atoms with Crippen molar-refractivity contribution in [1.29, 1.82) is 0 Å². The maximum Gasteiger partial charge on any atom is 0.187 e. The van der Waals surface area contributed by atoms with Crippen molar-refractivity contribution in [3.8, 4) is 0 Å². The van der Waals surface area contributed by atoms with Gasteiger partial charge >= 0.3 is 0 Å². The zero-order valence-corrected chi connectivity index (χ0v) is 11.2. The van der Waals surface area contributed by atoms with Gasteiger partial charge in [-0.2, -0.15) is 0 Å². The predicted octanol–water partition coefficient (Wildman–Crippen LogP) is 3.27. The Morgan fingerprint density at radius 2 is 1.85 bits per heavy atom. The first-order valence-electron chi connectivity index (χ1n) is 6.88. The highest BCUT2D eigenvalue weighted by molar-refractivity contribution is 5.74. The molecule has 4 nitrogen and oxygen atoms in total. The van der Waals surface area contributed by atoms with Crippen molar-refractivity contribution in [3.63, 3.8) is 0 Å². The number of rotatable bonds is 3. The number of ether oxygens (including phenoxy) is 1. The van der Waals surface area contributed by atoms with Gasteiger partial charge in [0.1, 0.15) is 11.1 Å². The number of hydrogen-bond donors (Lipinski definition) is 0. The summed E-state index contributed by atoms with van der Waals surface area (Å²) in [5.74, 6) is 0. The molecular weight excluding hydrogens is 250 g/mol. The maximum atomic E-state index is 6.05. The summed E-state index contributed by atoms with van der Waals surface area (Å²) < 4.78 is 7.95. The minimum Gasteiger partial charge on any atom is -0.337 e. The van der Waals surface area contributed by atoms with E-state index in [0.717, 1.165) is 17.5 Å². The molecule has 100 valence electrons. The second-order valence-corrected chi connectivity index (χ2v) is 5.10. The SMILES string of the molecule is CC[C@@]1(c2ccccc2)OC1n1nnc2ccccc21. The van der Waals surface area contributed by atoms with Crippen molar-refractivity contribution in [2.75, 3.05) is 0 Å². The summed E-state index contributed by atoms with van der Waals surface area (Å²) >= 11 is 0. The summed E-state index contributed by atoms with van der Waals surface area (Å²) in [5.41, 5.74) is 2.86. The van der Waals surface area contributed by atoms with E-state index in [1.165, 1.54) is 5.56 Å². The van der Waals surface area contributed by atoms with Crippen LogP contribution in [-0.4, -0.2) is 15.0 Å². The lowest BCUT2D eigenvalue weighted by Gasteiger charge is -2.10. The van der Waals surface area contributed by atoms with Crippen LogP contribution in [-0.2, 0) is 10.3 Å². The number of benzene rings is 2. The standard InChI is InChI=1S/C16H15N3O/c1-2-16(12-8-4-3-5-9-12)15(20-16)19-14-11-7-6-10-13(14)17-18-19/h3-11,15H,2H2,1H3/t15?,16-/m0/s1. The van der Waals surface area contributed by atoms with Gasteiger partial charge in [0.05, 0.1) is 5.52 Å². The van der Waals surface area contributed by atoms with E-state index >= 15 is 0 Å². The third-order valence-corrected chi connectivity index (χ3v) is 4.05. The van der Waals surface area contributed by atoms with Gasteiger partial charge < -0.3 is 4.74 Å². The molecule has 0 spiro atoms. The van der Waals surface area contributed by atoms with E-state index in [9.17, 15) is 0 Å². The average molecular weight is 265 g/mol. The van der Waals surface area contributed by atoms with Crippen LogP contribution in [0, 0.1) is 0 Å². The van der Waals surface area contributed by atoms with Crippen molar-refractivity contribution in [3.05, 3.63) is 60.2 Å². The smallest absolute Gasteiger partial charge is 0.187 e. The van der Waals surface area contributed by atoms with E-state index in [1.54, 1.807) is 0 Å². The third-order valence-electron chi connectivity index (χ3n) is 4.05. The molecule has 4 rings (SSSR count). The fourth-order valence-electron chi connectivity index (χ4n) is 2.87. The molecule has 2 atom stereocenters. The molecule has 2 aromatic carbocycles. The van der Waals surface area contributed by atoms with Crippen LogP contribution in [0.5, 0.6) is 0 Å². The van der Waals surface area contributed by atoms with Gasteiger partial charge in [-0.1, -0.05) is 54.6 Å². The minimum absolute atomic E-state index is 0.0673. The first-order chi connectivity index (χ1) is 9.85. The van der Waals surface area contributed by atoms with E-state index in [-0.39, 0.29) is 11.8 Å². The van der Waals surface area contributed by atoms with E-state index in [4.69, 9.17) is 4.74 Å². The largest absolute Gasteiger partial charge is 0.337 e. The van der Waals surface area contributed by atoms with Crippen LogP contribution >= 0.6 is 0 Å². The van der Waals surface area contributed by atoms with E-state index < -0.39 is 0 Å². The summed E-state index contributed by atoms with van der Waals surface area (Å²) in [7, 11) is 0. The Hall–Kier alpha value is -2.20. The molecule has 0 radical (unpaired) electrons. The molecule has 1 aromatic heterocycles. The summed E-state index contributed by atoms with van der Waals surface area (Å²) in [6, 6.07) is 18.3. The third kappa shape index (κ3) is 1.51. The number of fused-ring (bicyclic) bond motifs is 1. The molecule has 0 saturated carbocycles. The number of epoxide rings is 1. The van der Waals surface area contributed by atoms with Gasteiger partial charge in [0.15, 0.2) is 6.23 Å². The van der Waals surface area contributed by atoms with Crippen molar-refractivity contribution < 1.29 is 4.74 Å². The first kappa shape index (κ1) is 11.6. The molecule has 1 unspecified atom stereocenters. The second kappa shape index (κ2) is 4.15. The average Bonchev–Trinajstić information content (AvgIpc) is 3.12. The molecule has 0 bridgehead atoms. The van der Waals surface area contributed by atoms with Crippen LogP contribution in [0.2, 0.25) is 0 Å². The Balaban J connectivity index is 1.78. The number of hydrogen-bond acceptors (Lipinski definition) is 3. The van der Waals surface area contributed by atoms with Gasteiger partial charge in [0.25, 0.3) is 0 Å². The van der Waals surface area contributed by atoms with Crippen LogP contribution in [0.3, 0.4) is 0 Å². The molecule has 1 saturated heterocycles. The highest BCUT2D eigenvalue weighted by Crippen LogP contribution is 2.56. The van der Waals surface area contributed by atoms with Gasteiger partial charge in [-0.25, -0.2) is 4.68 Å². The summed E-state index contributed by atoms with van der Waals surface area (Å²) in [6.45, 7) is 2.14. The molecule has 3 aromatic rings. The number of nitrogens with zero attached hydrogens (tertiary/aromatic N) is 3. The second-order valence-electron chi connectivity index (χ2n) is 5.10. The Morgan fingerprint density at radius 1 is 1.10 bits per heavy atom. The summed E-state index contributed by atoms with van der Waals surface area (Å²) in [5, 5.41) is 8.47. The first-order valence-corrected chi connectivity index (χ1v) is 6.88. The van der Waals surface area contributed by atoms with Crippen LogP contribution in [0.4, 0.5) is 0 Å². The topological polar surface area (TPSA) is 43.2 Å². The fraction of sp³-hybridized carbons (Fsp3) is 0.250. The quantitative estimate of drug-likeness (QED) is 0.683. The van der Waals surface area contributed by atoms with Crippen molar-refractivity contribution in [2.24, 2.45) is 0 Å². The lowest BCUT2D eigenvalue weighted by Crippen LogP contribution is -2.12. The minimum atomic E-state index is -0.266. The van der Waals surface area contributed by atoms with Crippen molar-refractivity contribution in [2.45, 2.75) is 25.2 Å². The van der Waals surface area contributed by atoms with Gasteiger partial charge in [-0.3, -0.25) is 0 Å². The summed E-state index contributed by atoms with van der Waals surface area (Å²) in [6.07, 6.45) is 0.845. The Morgan fingerprint density at radius 3 is 2.65 bits per heavy atom. The van der Waals surface area contributed by atoms with Crippen molar-refractivity contribution >= 4 is 11.0 Å².